The van der Waals surface area contributed by atoms with Gasteiger partial charge in [-0.15, -0.1) is 0 Å². The number of hydrogen-bond donors (Lipinski definition) is 2. The summed E-state index contributed by atoms with van der Waals surface area (Å²) in [5.41, 5.74) is 3.45. The summed E-state index contributed by atoms with van der Waals surface area (Å²) in [7, 11) is 1.66. The van der Waals surface area contributed by atoms with Gasteiger partial charge in [0.1, 0.15) is 5.75 Å². The summed E-state index contributed by atoms with van der Waals surface area (Å²) < 4.78 is 5.24. The molecule has 4 heteroatoms. The van der Waals surface area contributed by atoms with Crippen LogP contribution in [0.2, 0.25) is 0 Å². The quantitative estimate of drug-likeness (QED) is 0.780. The van der Waals surface area contributed by atoms with Gasteiger partial charge in [0.15, 0.2) is 5.11 Å². The number of rotatable bonds is 5. The summed E-state index contributed by atoms with van der Waals surface area (Å²) in [5.74, 6) is 1.22. The summed E-state index contributed by atoms with van der Waals surface area (Å²) in [5, 5.41) is 7.28. The third kappa shape index (κ3) is 4.70. The van der Waals surface area contributed by atoms with Crippen molar-refractivity contribution in [1.82, 2.24) is 5.32 Å². The second-order valence-corrected chi connectivity index (χ2v) is 6.32. The monoisotopic (exact) mass is 328 g/mol. The van der Waals surface area contributed by atoms with Gasteiger partial charge in [0.05, 0.1) is 13.2 Å². The summed E-state index contributed by atoms with van der Waals surface area (Å²) in [4.78, 5) is 0. The number of anilines is 1. The van der Waals surface area contributed by atoms with Gasteiger partial charge in [-0.1, -0.05) is 44.2 Å². The lowest BCUT2D eigenvalue weighted by molar-refractivity contribution is 0.415. The lowest BCUT2D eigenvalue weighted by Crippen LogP contribution is -2.35. The van der Waals surface area contributed by atoms with E-state index in [0.29, 0.717) is 11.0 Å². The molecule has 0 fully saturated rings. The zero-order valence-corrected chi connectivity index (χ0v) is 14.9. The number of ether oxygens (including phenoxy) is 1. The average Bonchev–Trinajstić information content (AvgIpc) is 2.53. The first-order valence-corrected chi connectivity index (χ1v) is 8.19. The van der Waals surface area contributed by atoms with Gasteiger partial charge in [-0.25, -0.2) is 0 Å². The van der Waals surface area contributed by atoms with Crippen LogP contribution in [0, 0.1) is 12.8 Å². The molecule has 0 aliphatic carbocycles. The molecule has 2 N–H and O–H groups in total. The van der Waals surface area contributed by atoms with Gasteiger partial charge < -0.3 is 15.4 Å². The van der Waals surface area contributed by atoms with Gasteiger partial charge in [0.25, 0.3) is 0 Å². The van der Waals surface area contributed by atoms with Crippen LogP contribution in [-0.4, -0.2) is 12.2 Å². The molecule has 0 radical (unpaired) electrons. The van der Waals surface area contributed by atoms with Crippen molar-refractivity contribution < 1.29 is 4.74 Å². The Kier molecular flexibility index (Phi) is 5.99. The van der Waals surface area contributed by atoms with Crippen LogP contribution in [0.15, 0.2) is 48.5 Å². The predicted octanol–water partition coefficient (Wildman–Crippen LogP) is 4.69. The highest BCUT2D eigenvalue weighted by atomic mass is 32.1. The Balaban J connectivity index is 2.11. The van der Waals surface area contributed by atoms with E-state index in [1.807, 2.05) is 24.3 Å². The van der Waals surface area contributed by atoms with Crippen LogP contribution in [0.4, 0.5) is 5.69 Å². The highest BCUT2D eigenvalue weighted by Gasteiger charge is 2.18. The molecule has 0 aliphatic rings. The molecule has 2 aromatic rings. The minimum atomic E-state index is 0.168. The fourth-order valence-electron chi connectivity index (χ4n) is 2.55. The maximum Gasteiger partial charge on any atom is 0.171 e. The average molecular weight is 328 g/mol. The van der Waals surface area contributed by atoms with Crippen molar-refractivity contribution >= 4 is 23.0 Å². The fourth-order valence-corrected chi connectivity index (χ4v) is 2.79. The molecule has 0 aromatic heterocycles. The number of aryl methyl sites for hydroxylation is 1. The van der Waals surface area contributed by atoms with Crippen LogP contribution in [0.25, 0.3) is 0 Å². The Morgan fingerprint density at radius 3 is 2.48 bits per heavy atom. The van der Waals surface area contributed by atoms with E-state index in [1.165, 1.54) is 11.1 Å². The Bertz CT molecular complexity index is 670. The highest BCUT2D eigenvalue weighted by molar-refractivity contribution is 7.80. The van der Waals surface area contributed by atoms with Crippen LogP contribution in [0.1, 0.15) is 31.0 Å². The number of methoxy groups -OCH3 is 1. The summed E-state index contributed by atoms with van der Waals surface area (Å²) in [6.07, 6.45) is 0. The van der Waals surface area contributed by atoms with Crippen LogP contribution >= 0.6 is 12.2 Å². The van der Waals surface area contributed by atoms with Crippen molar-refractivity contribution in [3.05, 3.63) is 59.7 Å². The maximum absolute atomic E-state index is 5.49. The van der Waals surface area contributed by atoms with Crippen molar-refractivity contribution in [1.29, 1.82) is 0 Å². The number of thiocarbonyl (C=S) groups is 1. The van der Waals surface area contributed by atoms with Crippen molar-refractivity contribution in [2.24, 2.45) is 5.92 Å². The van der Waals surface area contributed by atoms with E-state index in [-0.39, 0.29) is 6.04 Å². The molecule has 0 saturated heterocycles. The van der Waals surface area contributed by atoms with Crippen molar-refractivity contribution in [2.75, 3.05) is 12.4 Å². The number of hydrogen-bond acceptors (Lipinski definition) is 2. The predicted molar refractivity (Wildman–Crippen MR) is 101 cm³/mol. The van der Waals surface area contributed by atoms with E-state index in [0.717, 1.165) is 11.4 Å². The van der Waals surface area contributed by atoms with E-state index in [1.54, 1.807) is 7.11 Å². The largest absolute Gasteiger partial charge is 0.497 e. The Morgan fingerprint density at radius 2 is 1.83 bits per heavy atom. The Labute approximate surface area is 144 Å². The molecule has 0 unspecified atom stereocenters. The molecular weight excluding hydrogens is 304 g/mol. The molecule has 2 aromatic carbocycles. The Morgan fingerprint density at radius 1 is 1.09 bits per heavy atom. The second kappa shape index (κ2) is 7.97. The SMILES string of the molecule is COc1cccc(NC(=S)N[C@H](c2ccccc2C)C(C)C)c1. The topological polar surface area (TPSA) is 33.3 Å². The fraction of sp³-hybridized carbons (Fsp3) is 0.316. The van der Waals surface area contributed by atoms with E-state index < -0.39 is 0 Å². The number of benzene rings is 2. The zero-order chi connectivity index (χ0) is 16.8. The zero-order valence-electron chi connectivity index (χ0n) is 14.1. The minimum absolute atomic E-state index is 0.168. The molecule has 122 valence electrons. The molecule has 0 saturated carbocycles. The van der Waals surface area contributed by atoms with Crippen molar-refractivity contribution in [2.45, 2.75) is 26.8 Å². The minimum Gasteiger partial charge on any atom is -0.497 e. The molecule has 2 rings (SSSR count). The standard InChI is InChI=1S/C19H24N2OS/c1-13(2)18(17-11-6-5-8-14(17)3)21-19(23)20-15-9-7-10-16(12-15)22-4/h5-13,18H,1-4H3,(H2,20,21,23)/t18-/m0/s1. The van der Waals surface area contributed by atoms with E-state index in [9.17, 15) is 0 Å². The third-order valence-corrected chi connectivity index (χ3v) is 4.02. The van der Waals surface area contributed by atoms with Crippen molar-refractivity contribution in [3.8, 4) is 5.75 Å². The molecule has 23 heavy (non-hydrogen) atoms. The highest BCUT2D eigenvalue weighted by Crippen LogP contribution is 2.25. The van der Waals surface area contributed by atoms with Gasteiger partial charge in [0.2, 0.25) is 0 Å². The molecule has 0 heterocycles. The first-order chi connectivity index (χ1) is 11.0. The van der Waals surface area contributed by atoms with Crippen LogP contribution in [0.5, 0.6) is 5.75 Å². The molecule has 3 nitrogen and oxygen atoms in total. The van der Waals surface area contributed by atoms with Crippen LogP contribution in [0.3, 0.4) is 0 Å². The smallest absolute Gasteiger partial charge is 0.171 e. The first kappa shape index (κ1) is 17.3. The Hall–Kier alpha value is -2.07. The van der Waals surface area contributed by atoms with Gasteiger partial charge in [-0.2, -0.15) is 0 Å². The second-order valence-electron chi connectivity index (χ2n) is 5.91. The van der Waals surface area contributed by atoms with Gasteiger partial charge in [-0.05, 0) is 48.3 Å². The molecular formula is C19H24N2OS. The van der Waals surface area contributed by atoms with E-state index in [2.05, 4.69) is 55.7 Å². The van der Waals surface area contributed by atoms with Gasteiger partial charge in [0, 0.05) is 11.8 Å². The summed E-state index contributed by atoms with van der Waals surface area (Å²) >= 11 is 5.49. The molecule has 1 atom stereocenters. The molecule has 0 spiro atoms. The van der Waals surface area contributed by atoms with Crippen LogP contribution < -0.4 is 15.4 Å². The lowest BCUT2D eigenvalue weighted by atomic mass is 9.93. The van der Waals surface area contributed by atoms with Crippen molar-refractivity contribution in [3.63, 3.8) is 0 Å². The van der Waals surface area contributed by atoms with Gasteiger partial charge in [-0.3, -0.25) is 0 Å². The lowest BCUT2D eigenvalue weighted by Gasteiger charge is -2.26. The summed E-state index contributed by atoms with van der Waals surface area (Å²) in [6, 6.07) is 16.3. The molecule has 0 bridgehead atoms. The molecule has 0 amide bonds. The summed E-state index contributed by atoms with van der Waals surface area (Å²) in [6.45, 7) is 6.52. The maximum atomic E-state index is 5.49. The van der Waals surface area contributed by atoms with E-state index >= 15 is 0 Å². The third-order valence-electron chi connectivity index (χ3n) is 3.80. The first-order valence-electron chi connectivity index (χ1n) is 7.78. The van der Waals surface area contributed by atoms with E-state index in [4.69, 9.17) is 17.0 Å². The number of nitrogens with one attached hydrogen (secondary N) is 2. The molecule has 0 aliphatic heterocycles. The van der Waals surface area contributed by atoms with Gasteiger partial charge >= 0.3 is 0 Å². The van der Waals surface area contributed by atoms with Crippen LogP contribution in [-0.2, 0) is 0 Å². The normalized spacial score (nSPS) is 11.9.